The van der Waals surface area contributed by atoms with Gasteiger partial charge in [0.05, 0.1) is 16.7 Å². The Morgan fingerprint density at radius 2 is 1.96 bits per heavy atom. The Hall–Kier alpha value is -3.32. The van der Waals surface area contributed by atoms with Crippen LogP contribution in [0, 0.1) is 17.0 Å². The molecule has 1 aromatic heterocycles. The molecule has 0 bridgehead atoms. The van der Waals surface area contributed by atoms with Crippen LogP contribution in [0.2, 0.25) is 5.15 Å². The first kappa shape index (κ1) is 17.5. The fourth-order valence-corrected chi connectivity index (χ4v) is 2.53. The number of rotatable bonds is 4. The third kappa shape index (κ3) is 3.84. The summed E-state index contributed by atoms with van der Waals surface area (Å²) in [4.78, 5) is 26.4. The molecule has 130 valence electrons. The molecule has 1 heterocycles. The van der Waals surface area contributed by atoms with Gasteiger partial charge in [-0.2, -0.15) is 5.10 Å². The zero-order valence-electron chi connectivity index (χ0n) is 13.6. The Morgan fingerprint density at radius 3 is 2.65 bits per heavy atom. The van der Waals surface area contributed by atoms with Crippen molar-refractivity contribution in [2.45, 2.75) is 6.92 Å². The molecular weight excluding hydrogens is 356 g/mol. The average Bonchev–Trinajstić information content (AvgIpc) is 2.62. The number of nitrogens with zero attached hydrogens (tertiary/aromatic N) is 3. The number of carbonyl (C=O) groups excluding carboxylic acids is 1. The quantitative estimate of drug-likeness (QED) is 0.327. The zero-order valence-corrected chi connectivity index (χ0v) is 14.4. The van der Waals surface area contributed by atoms with Gasteiger partial charge in [-0.05, 0) is 37.3 Å². The molecule has 0 aliphatic carbocycles. The van der Waals surface area contributed by atoms with Crippen LogP contribution in [0.1, 0.15) is 21.5 Å². The fraction of sp³-hybridized carbons (Fsp3) is 0.0556. The summed E-state index contributed by atoms with van der Waals surface area (Å²) in [6.07, 6.45) is 1.40. The Labute approximate surface area is 153 Å². The van der Waals surface area contributed by atoms with Crippen molar-refractivity contribution >= 4 is 40.3 Å². The van der Waals surface area contributed by atoms with Crippen LogP contribution in [-0.2, 0) is 0 Å². The first-order chi connectivity index (χ1) is 12.4. The second-order valence-corrected chi connectivity index (χ2v) is 5.93. The maximum absolute atomic E-state index is 12.0. The molecule has 0 saturated carbocycles. The van der Waals surface area contributed by atoms with E-state index in [9.17, 15) is 14.9 Å². The Morgan fingerprint density at radius 1 is 1.23 bits per heavy atom. The van der Waals surface area contributed by atoms with E-state index in [2.05, 4.69) is 15.5 Å². The normalized spacial score (nSPS) is 11.0. The first-order valence-electron chi connectivity index (χ1n) is 7.59. The maximum atomic E-state index is 12.0. The molecule has 7 nitrogen and oxygen atoms in total. The molecule has 0 aliphatic rings. The number of hydrogen-bond acceptors (Lipinski definition) is 5. The second-order valence-electron chi connectivity index (χ2n) is 5.57. The van der Waals surface area contributed by atoms with Crippen molar-refractivity contribution in [3.63, 3.8) is 0 Å². The lowest BCUT2D eigenvalue weighted by atomic mass is 10.1. The van der Waals surface area contributed by atoms with Gasteiger partial charge in [-0.1, -0.05) is 23.2 Å². The van der Waals surface area contributed by atoms with E-state index in [4.69, 9.17) is 11.6 Å². The lowest BCUT2D eigenvalue weighted by molar-refractivity contribution is -0.384. The van der Waals surface area contributed by atoms with Crippen LogP contribution >= 0.6 is 11.6 Å². The minimum Gasteiger partial charge on any atom is -0.267 e. The van der Waals surface area contributed by atoms with Crippen LogP contribution in [-0.4, -0.2) is 22.0 Å². The number of nitrogens with one attached hydrogen (secondary N) is 1. The van der Waals surface area contributed by atoms with Crippen molar-refractivity contribution < 1.29 is 9.72 Å². The Balaban J connectivity index is 1.75. The summed E-state index contributed by atoms with van der Waals surface area (Å²) in [6.45, 7) is 1.98. The van der Waals surface area contributed by atoms with E-state index < -0.39 is 10.8 Å². The molecule has 1 amide bonds. The van der Waals surface area contributed by atoms with E-state index in [1.54, 1.807) is 0 Å². The molecule has 3 aromatic rings. The molecule has 26 heavy (non-hydrogen) atoms. The minimum absolute atomic E-state index is 0.0886. The van der Waals surface area contributed by atoms with Crippen LogP contribution in [0.25, 0.3) is 10.9 Å². The predicted molar refractivity (Wildman–Crippen MR) is 99.6 cm³/mol. The van der Waals surface area contributed by atoms with E-state index >= 15 is 0 Å². The van der Waals surface area contributed by atoms with E-state index in [-0.39, 0.29) is 16.4 Å². The van der Waals surface area contributed by atoms with Gasteiger partial charge in [0.2, 0.25) is 0 Å². The summed E-state index contributed by atoms with van der Waals surface area (Å²) in [5.41, 5.74) is 4.95. The SMILES string of the molecule is Cc1ccc2nc(Cl)c(C=NNC(=O)c3ccc([N+](=O)[O-])cc3)cc2c1. The third-order valence-electron chi connectivity index (χ3n) is 3.66. The van der Waals surface area contributed by atoms with Gasteiger partial charge in [0.25, 0.3) is 11.6 Å². The number of aromatic nitrogens is 1. The van der Waals surface area contributed by atoms with E-state index in [0.29, 0.717) is 5.56 Å². The predicted octanol–water partition coefficient (Wildman–Crippen LogP) is 3.87. The molecule has 0 saturated heterocycles. The summed E-state index contributed by atoms with van der Waals surface area (Å²) in [6, 6.07) is 12.9. The van der Waals surface area contributed by atoms with Gasteiger partial charge in [-0.15, -0.1) is 0 Å². The van der Waals surface area contributed by atoms with Gasteiger partial charge in [-0.25, -0.2) is 10.4 Å². The molecule has 0 unspecified atom stereocenters. The number of non-ortho nitro benzene ring substituents is 1. The third-order valence-corrected chi connectivity index (χ3v) is 3.96. The van der Waals surface area contributed by atoms with Crippen LogP contribution in [0.4, 0.5) is 5.69 Å². The van der Waals surface area contributed by atoms with Crippen LogP contribution < -0.4 is 5.43 Å². The van der Waals surface area contributed by atoms with Gasteiger partial charge in [0, 0.05) is 28.6 Å². The molecule has 8 heteroatoms. The Bertz CT molecular complexity index is 1030. The number of benzene rings is 2. The summed E-state index contributed by atoms with van der Waals surface area (Å²) in [7, 11) is 0. The summed E-state index contributed by atoms with van der Waals surface area (Å²) < 4.78 is 0. The molecular formula is C18H13ClN4O3. The first-order valence-corrected chi connectivity index (χ1v) is 7.96. The van der Waals surface area contributed by atoms with E-state index in [1.807, 2.05) is 31.2 Å². The summed E-state index contributed by atoms with van der Waals surface area (Å²) in [5, 5.41) is 15.7. The standard InChI is InChI=1S/C18H13ClN4O3/c1-11-2-7-16-13(8-11)9-14(17(19)21-16)10-20-22-18(24)12-3-5-15(6-4-12)23(25)26/h2-10H,1H3,(H,22,24). The zero-order chi connectivity index (χ0) is 18.7. The largest absolute Gasteiger partial charge is 0.271 e. The van der Waals surface area contributed by atoms with Gasteiger partial charge in [0.15, 0.2) is 0 Å². The van der Waals surface area contributed by atoms with Gasteiger partial charge in [-0.3, -0.25) is 14.9 Å². The molecule has 1 N–H and O–H groups in total. The highest BCUT2D eigenvalue weighted by Crippen LogP contribution is 2.20. The van der Waals surface area contributed by atoms with E-state index in [0.717, 1.165) is 16.5 Å². The smallest absolute Gasteiger partial charge is 0.267 e. The number of halogens is 1. The topological polar surface area (TPSA) is 97.5 Å². The van der Waals surface area contributed by atoms with Crippen LogP contribution in [0.3, 0.4) is 0 Å². The number of pyridine rings is 1. The van der Waals surface area contributed by atoms with Crippen molar-refractivity contribution in [2.24, 2.45) is 5.10 Å². The lowest BCUT2D eigenvalue weighted by Crippen LogP contribution is -2.17. The van der Waals surface area contributed by atoms with Gasteiger partial charge < -0.3 is 0 Å². The number of amides is 1. The van der Waals surface area contributed by atoms with Gasteiger partial charge >= 0.3 is 0 Å². The highest BCUT2D eigenvalue weighted by molar-refractivity contribution is 6.32. The number of nitro benzene ring substituents is 1. The highest BCUT2D eigenvalue weighted by Gasteiger charge is 2.09. The van der Waals surface area contributed by atoms with Crippen molar-refractivity contribution in [1.82, 2.24) is 10.4 Å². The van der Waals surface area contributed by atoms with Crippen molar-refractivity contribution in [1.29, 1.82) is 0 Å². The molecule has 0 fully saturated rings. The Kier molecular flexibility index (Phi) is 4.90. The number of aryl methyl sites for hydroxylation is 1. The molecule has 0 radical (unpaired) electrons. The van der Waals surface area contributed by atoms with Crippen LogP contribution in [0.15, 0.2) is 53.6 Å². The number of hydrazone groups is 1. The second kappa shape index (κ2) is 7.28. The number of fused-ring (bicyclic) bond motifs is 1. The van der Waals surface area contributed by atoms with Crippen molar-refractivity contribution in [2.75, 3.05) is 0 Å². The molecule has 2 aromatic carbocycles. The minimum atomic E-state index is -0.531. The number of carbonyl (C=O) groups is 1. The van der Waals surface area contributed by atoms with Gasteiger partial charge in [0.1, 0.15) is 5.15 Å². The maximum Gasteiger partial charge on any atom is 0.271 e. The van der Waals surface area contributed by atoms with Crippen molar-refractivity contribution in [3.05, 3.63) is 80.5 Å². The molecule has 0 atom stereocenters. The summed E-state index contributed by atoms with van der Waals surface area (Å²) >= 11 is 6.14. The number of hydrogen-bond donors (Lipinski definition) is 1. The molecule has 0 spiro atoms. The average molecular weight is 369 g/mol. The van der Waals surface area contributed by atoms with Crippen LogP contribution in [0.5, 0.6) is 0 Å². The number of nitro groups is 1. The fourth-order valence-electron chi connectivity index (χ4n) is 2.34. The van der Waals surface area contributed by atoms with Crippen molar-refractivity contribution in [3.8, 4) is 0 Å². The lowest BCUT2D eigenvalue weighted by Gasteiger charge is -2.03. The summed E-state index contributed by atoms with van der Waals surface area (Å²) in [5.74, 6) is -0.489. The molecule has 0 aliphatic heterocycles. The van der Waals surface area contributed by atoms with E-state index in [1.165, 1.54) is 30.5 Å². The molecule has 3 rings (SSSR count). The monoisotopic (exact) mass is 368 g/mol. The highest BCUT2D eigenvalue weighted by atomic mass is 35.5.